The Morgan fingerprint density at radius 3 is 2.12 bits per heavy atom. The molecule has 0 spiro atoms. The average molecular weight is 333 g/mol. The maximum Gasteiger partial charge on any atom is 0.337 e. The lowest BCUT2D eigenvalue weighted by Gasteiger charge is -2.15. The number of fused-ring (bicyclic) bond motifs is 1. The molecule has 2 aromatic rings. The second-order valence-corrected chi connectivity index (χ2v) is 5.91. The SMILES string of the molecule is CCOc1cc2c(C(=O)O)cn(CC(C)C)c(=O)c2cc1OCC. The summed E-state index contributed by atoms with van der Waals surface area (Å²) in [6, 6.07) is 3.16. The Labute approximate surface area is 140 Å². The molecule has 2 rings (SSSR count). The first-order chi connectivity index (χ1) is 11.4. The summed E-state index contributed by atoms with van der Waals surface area (Å²) in [5.41, 5.74) is -0.151. The maximum absolute atomic E-state index is 12.7. The normalized spacial score (nSPS) is 11.0. The van der Waals surface area contributed by atoms with Crippen LogP contribution in [0.2, 0.25) is 0 Å². The molecule has 0 aliphatic rings. The van der Waals surface area contributed by atoms with Crippen molar-refractivity contribution in [2.45, 2.75) is 34.2 Å². The van der Waals surface area contributed by atoms with Crippen LogP contribution in [0.15, 0.2) is 23.1 Å². The summed E-state index contributed by atoms with van der Waals surface area (Å²) < 4.78 is 12.5. The third kappa shape index (κ3) is 3.53. The van der Waals surface area contributed by atoms with Crippen LogP contribution in [0.25, 0.3) is 10.8 Å². The van der Waals surface area contributed by atoms with E-state index in [9.17, 15) is 14.7 Å². The average Bonchev–Trinajstić information content (AvgIpc) is 2.51. The van der Waals surface area contributed by atoms with E-state index in [0.717, 1.165) is 0 Å². The van der Waals surface area contributed by atoms with Gasteiger partial charge in [-0.25, -0.2) is 4.79 Å². The molecule has 0 saturated heterocycles. The summed E-state index contributed by atoms with van der Waals surface area (Å²) in [7, 11) is 0. The number of aromatic nitrogens is 1. The van der Waals surface area contributed by atoms with Gasteiger partial charge in [0.05, 0.1) is 24.2 Å². The first-order valence-corrected chi connectivity index (χ1v) is 8.09. The van der Waals surface area contributed by atoms with Gasteiger partial charge < -0.3 is 19.1 Å². The molecule has 0 aliphatic carbocycles. The zero-order valence-corrected chi connectivity index (χ0v) is 14.5. The van der Waals surface area contributed by atoms with Crippen molar-refractivity contribution in [1.29, 1.82) is 0 Å². The standard InChI is InChI=1S/C18H23NO5/c1-5-23-15-7-12-13(8-16(15)24-6-2)17(20)19(9-11(3)4)10-14(12)18(21)22/h7-8,10-11H,5-6,9H2,1-4H3,(H,21,22). The molecule has 0 amide bonds. The number of nitrogens with zero attached hydrogens (tertiary/aromatic N) is 1. The molecular weight excluding hydrogens is 310 g/mol. The summed E-state index contributed by atoms with van der Waals surface area (Å²) in [4.78, 5) is 24.4. The van der Waals surface area contributed by atoms with Gasteiger partial charge in [-0.05, 0) is 31.9 Å². The zero-order valence-electron chi connectivity index (χ0n) is 14.5. The van der Waals surface area contributed by atoms with E-state index in [1.165, 1.54) is 10.8 Å². The number of ether oxygens (including phenoxy) is 2. The molecule has 0 aliphatic heterocycles. The van der Waals surface area contributed by atoms with Crippen molar-refractivity contribution in [1.82, 2.24) is 4.57 Å². The maximum atomic E-state index is 12.7. The Bertz CT molecular complexity index is 807. The molecule has 1 aromatic heterocycles. The lowest BCUT2D eigenvalue weighted by atomic mass is 10.1. The summed E-state index contributed by atoms with van der Waals surface area (Å²) in [5.74, 6) is 0.0258. The number of hydrogen-bond donors (Lipinski definition) is 1. The van der Waals surface area contributed by atoms with Gasteiger partial charge in [0.2, 0.25) is 0 Å². The largest absolute Gasteiger partial charge is 0.490 e. The third-order valence-electron chi connectivity index (χ3n) is 3.54. The van der Waals surface area contributed by atoms with Crippen molar-refractivity contribution >= 4 is 16.7 Å². The van der Waals surface area contributed by atoms with Gasteiger partial charge in [0.1, 0.15) is 0 Å². The molecule has 6 heteroatoms. The second kappa shape index (κ2) is 7.38. The Balaban J connectivity index is 2.81. The first kappa shape index (κ1) is 17.8. The van der Waals surface area contributed by atoms with E-state index >= 15 is 0 Å². The van der Waals surface area contributed by atoms with Crippen molar-refractivity contribution in [2.24, 2.45) is 5.92 Å². The van der Waals surface area contributed by atoms with Gasteiger partial charge in [0.15, 0.2) is 11.5 Å². The summed E-state index contributed by atoms with van der Waals surface area (Å²) in [6.07, 6.45) is 1.41. The van der Waals surface area contributed by atoms with Crippen LogP contribution in [0.1, 0.15) is 38.1 Å². The molecule has 24 heavy (non-hydrogen) atoms. The highest BCUT2D eigenvalue weighted by molar-refractivity contribution is 6.04. The third-order valence-corrected chi connectivity index (χ3v) is 3.54. The highest BCUT2D eigenvalue weighted by Crippen LogP contribution is 2.33. The minimum atomic E-state index is -1.08. The lowest BCUT2D eigenvalue weighted by molar-refractivity contribution is 0.0698. The molecule has 1 N–H and O–H groups in total. The van der Waals surface area contributed by atoms with E-state index < -0.39 is 5.97 Å². The number of aromatic carboxylic acids is 1. The zero-order chi connectivity index (χ0) is 17.9. The second-order valence-electron chi connectivity index (χ2n) is 5.91. The van der Waals surface area contributed by atoms with Gasteiger partial charge >= 0.3 is 5.97 Å². The minimum absolute atomic E-state index is 0.0780. The Morgan fingerprint density at radius 2 is 1.67 bits per heavy atom. The molecule has 1 aromatic carbocycles. The smallest absolute Gasteiger partial charge is 0.337 e. The fraction of sp³-hybridized carbons (Fsp3) is 0.444. The van der Waals surface area contributed by atoms with Crippen LogP contribution in [-0.2, 0) is 6.54 Å². The van der Waals surface area contributed by atoms with Crippen molar-refractivity contribution in [3.8, 4) is 11.5 Å². The molecule has 1 heterocycles. The Kier molecular flexibility index (Phi) is 5.49. The van der Waals surface area contributed by atoms with Gasteiger partial charge in [0, 0.05) is 18.1 Å². The number of carboxylic acids is 1. The van der Waals surface area contributed by atoms with E-state index in [1.807, 2.05) is 27.7 Å². The van der Waals surface area contributed by atoms with Crippen LogP contribution in [0.5, 0.6) is 11.5 Å². The first-order valence-electron chi connectivity index (χ1n) is 8.09. The number of carboxylic acid groups (broad SMARTS) is 1. The van der Waals surface area contributed by atoms with Crippen LogP contribution in [-0.4, -0.2) is 28.9 Å². The van der Waals surface area contributed by atoms with Crippen LogP contribution < -0.4 is 15.0 Å². The highest BCUT2D eigenvalue weighted by atomic mass is 16.5. The number of pyridine rings is 1. The molecule has 0 fully saturated rings. The van der Waals surface area contributed by atoms with E-state index in [-0.39, 0.29) is 17.0 Å². The fourth-order valence-corrected chi connectivity index (χ4v) is 2.63. The van der Waals surface area contributed by atoms with Crippen LogP contribution >= 0.6 is 0 Å². The molecule has 6 nitrogen and oxygen atoms in total. The van der Waals surface area contributed by atoms with Gasteiger partial charge in [-0.1, -0.05) is 13.8 Å². The number of benzene rings is 1. The summed E-state index contributed by atoms with van der Waals surface area (Å²) in [5, 5.41) is 10.2. The summed E-state index contributed by atoms with van der Waals surface area (Å²) in [6.45, 7) is 8.90. The van der Waals surface area contributed by atoms with E-state index in [0.29, 0.717) is 42.0 Å². The Morgan fingerprint density at radius 1 is 1.12 bits per heavy atom. The minimum Gasteiger partial charge on any atom is -0.490 e. The molecule has 0 radical (unpaired) electrons. The van der Waals surface area contributed by atoms with Crippen molar-refractivity contribution in [3.05, 3.63) is 34.2 Å². The van der Waals surface area contributed by atoms with Crippen LogP contribution in [0.3, 0.4) is 0 Å². The van der Waals surface area contributed by atoms with Crippen molar-refractivity contribution in [2.75, 3.05) is 13.2 Å². The van der Waals surface area contributed by atoms with Gasteiger partial charge in [0.25, 0.3) is 5.56 Å². The Hall–Kier alpha value is -2.50. The lowest BCUT2D eigenvalue weighted by Crippen LogP contribution is -2.24. The molecule has 0 saturated carbocycles. The van der Waals surface area contributed by atoms with E-state index in [4.69, 9.17) is 9.47 Å². The van der Waals surface area contributed by atoms with Gasteiger partial charge in [-0.3, -0.25) is 4.79 Å². The van der Waals surface area contributed by atoms with Crippen molar-refractivity contribution in [3.63, 3.8) is 0 Å². The molecular formula is C18H23NO5. The van der Waals surface area contributed by atoms with Crippen LogP contribution in [0.4, 0.5) is 0 Å². The monoisotopic (exact) mass is 333 g/mol. The quantitative estimate of drug-likeness (QED) is 0.842. The predicted molar refractivity (Wildman–Crippen MR) is 92.3 cm³/mol. The van der Waals surface area contributed by atoms with Crippen LogP contribution in [0, 0.1) is 5.92 Å². The van der Waals surface area contributed by atoms with Gasteiger partial charge in [-0.15, -0.1) is 0 Å². The van der Waals surface area contributed by atoms with E-state index in [2.05, 4.69) is 0 Å². The van der Waals surface area contributed by atoms with E-state index in [1.54, 1.807) is 12.1 Å². The number of rotatable bonds is 7. The topological polar surface area (TPSA) is 77.8 Å². The van der Waals surface area contributed by atoms with Crippen molar-refractivity contribution < 1.29 is 19.4 Å². The fourth-order valence-electron chi connectivity index (χ4n) is 2.63. The molecule has 0 atom stereocenters. The number of hydrogen-bond acceptors (Lipinski definition) is 4. The highest BCUT2D eigenvalue weighted by Gasteiger charge is 2.18. The molecule has 0 unspecified atom stereocenters. The number of carbonyl (C=O) groups is 1. The van der Waals surface area contributed by atoms with Gasteiger partial charge in [-0.2, -0.15) is 0 Å². The molecule has 0 bridgehead atoms. The predicted octanol–water partition coefficient (Wildman–Crippen LogP) is 3.15. The summed E-state index contributed by atoms with van der Waals surface area (Å²) >= 11 is 0. The molecule has 130 valence electrons.